The van der Waals surface area contributed by atoms with E-state index in [-0.39, 0.29) is 22.7 Å². The van der Waals surface area contributed by atoms with E-state index in [0.717, 1.165) is 0 Å². The van der Waals surface area contributed by atoms with Gasteiger partial charge in [0.05, 0.1) is 12.6 Å². The van der Waals surface area contributed by atoms with Crippen LogP contribution in [0.4, 0.5) is 0 Å². The standard InChI is InChI=1S/C15H17NO4/c1-8(2)16-12(15(18)19)9(3)14(17)10-6-5-7-11(20-4)13(10)16/h5-8H,1-4H3,(H,18,19). The number of pyridine rings is 1. The second kappa shape index (κ2) is 5.00. The van der Waals surface area contributed by atoms with Gasteiger partial charge in [0.2, 0.25) is 0 Å². The monoisotopic (exact) mass is 275 g/mol. The Morgan fingerprint density at radius 3 is 2.50 bits per heavy atom. The third kappa shape index (κ3) is 1.95. The van der Waals surface area contributed by atoms with Gasteiger partial charge in [-0.3, -0.25) is 4.79 Å². The summed E-state index contributed by atoms with van der Waals surface area (Å²) in [7, 11) is 1.50. The number of carboxylic acid groups (broad SMARTS) is 1. The molecule has 1 aromatic carbocycles. The van der Waals surface area contributed by atoms with Crippen molar-refractivity contribution in [2.24, 2.45) is 0 Å². The van der Waals surface area contributed by atoms with Gasteiger partial charge in [-0.05, 0) is 32.9 Å². The van der Waals surface area contributed by atoms with Crippen molar-refractivity contribution in [1.82, 2.24) is 4.57 Å². The Labute approximate surface area is 116 Å². The Hall–Kier alpha value is -2.30. The molecule has 2 rings (SSSR count). The average molecular weight is 275 g/mol. The van der Waals surface area contributed by atoms with Crippen LogP contribution in [-0.2, 0) is 0 Å². The lowest BCUT2D eigenvalue weighted by atomic mass is 10.1. The highest BCUT2D eigenvalue weighted by molar-refractivity contribution is 5.94. The van der Waals surface area contributed by atoms with Gasteiger partial charge in [-0.1, -0.05) is 6.07 Å². The van der Waals surface area contributed by atoms with Crippen molar-refractivity contribution in [3.05, 3.63) is 39.7 Å². The van der Waals surface area contributed by atoms with Gasteiger partial charge in [0, 0.05) is 17.0 Å². The molecule has 5 nitrogen and oxygen atoms in total. The number of carboxylic acids is 1. The van der Waals surface area contributed by atoms with Crippen molar-refractivity contribution in [2.75, 3.05) is 7.11 Å². The Morgan fingerprint density at radius 1 is 1.35 bits per heavy atom. The molecule has 1 aromatic heterocycles. The van der Waals surface area contributed by atoms with Crippen LogP contribution < -0.4 is 10.2 Å². The molecule has 0 unspecified atom stereocenters. The first kappa shape index (κ1) is 14.1. The third-order valence-corrected chi connectivity index (χ3v) is 3.36. The van der Waals surface area contributed by atoms with E-state index < -0.39 is 5.97 Å². The maximum Gasteiger partial charge on any atom is 0.352 e. The first-order valence-electron chi connectivity index (χ1n) is 6.35. The van der Waals surface area contributed by atoms with Gasteiger partial charge in [-0.15, -0.1) is 0 Å². The minimum atomic E-state index is -1.11. The van der Waals surface area contributed by atoms with Crippen LogP contribution in [-0.4, -0.2) is 22.8 Å². The average Bonchev–Trinajstić information content (AvgIpc) is 2.40. The van der Waals surface area contributed by atoms with Crippen molar-refractivity contribution in [2.45, 2.75) is 26.8 Å². The molecule has 106 valence electrons. The van der Waals surface area contributed by atoms with E-state index in [1.165, 1.54) is 7.11 Å². The molecule has 5 heteroatoms. The molecule has 0 radical (unpaired) electrons. The molecule has 1 N–H and O–H groups in total. The molecule has 0 aliphatic carbocycles. The summed E-state index contributed by atoms with van der Waals surface area (Å²) in [5.41, 5.74) is 0.514. The molecule has 0 saturated heterocycles. The predicted octanol–water partition coefficient (Wildman–Crippen LogP) is 2.60. The smallest absolute Gasteiger partial charge is 0.352 e. The number of ether oxygens (including phenoxy) is 1. The van der Waals surface area contributed by atoms with Crippen LogP contribution in [0.25, 0.3) is 10.9 Å². The minimum absolute atomic E-state index is 0.0157. The second-order valence-corrected chi connectivity index (χ2v) is 4.93. The summed E-state index contributed by atoms with van der Waals surface area (Å²) in [5, 5.41) is 9.92. The third-order valence-electron chi connectivity index (χ3n) is 3.36. The normalized spacial score (nSPS) is 11.1. The lowest BCUT2D eigenvalue weighted by Gasteiger charge is -2.21. The first-order valence-corrected chi connectivity index (χ1v) is 6.35. The molecule has 0 saturated carbocycles. The lowest BCUT2D eigenvalue weighted by molar-refractivity contribution is 0.0682. The molecule has 0 aliphatic rings. The summed E-state index contributed by atoms with van der Waals surface area (Å²) in [6.07, 6.45) is 0. The number of rotatable bonds is 3. The van der Waals surface area contributed by atoms with Crippen molar-refractivity contribution in [3.63, 3.8) is 0 Å². The van der Waals surface area contributed by atoms with Crippen LogP contribution in [0.3, 0.4) is 0 Å². The quantitative estimate of drug-likeness (QED) is 0.934. The summed E-state index contributed by atoms with van der Waals surface area (Å²) in [5.74, 6) is -0.614. The fourth-order valence-electron chi connectivity index (χ4n) is 2.50. The van der Waals surface area contributed by atoms with E-state index in [9.17, 15) is 14.7 Å². The minimum Gasteiger partial charge on any atom is -0.495 e. The maximum absolute atomic E-state index is 12.4. The van der Waals surface area contributed by atoms with Gasteiger partial charge >= 0.3 is 5.97 Å². The molecule has 0 fully saturated rings. The van der Waals surface area contributed by atoms with Gasteiger partial charge in [-0.2, -0.15) is 0 Å². The zero-order chi connectivity index (χ0) is 15.0. The number of aromatic nitrogens is 1. The summed E-state index contributed by atoms with van der Waals surface area (Å²) in [6.45, 7) is 5.30. The number of carbonyl (C=O) groups is 1. The van der Waals surface area contributed by atoms with Gasteiger partial charge in [-0.25, -0.2) is 4.79 Å². The summed E-state index contributed by atoms with van der Waals surface area (Å²) < 4.78 is 6.94. The zero-order valence-electron chi connectivity index (χ0n) is 11.9. The van der Waals surface area contributed by atoms with E-state index in [1.807, 2.05) is 13.8 Å². The molecule has 20 heavy (non-hydrogen) atoms. The van der Waals surface area contributed by atoms with E-state index in [4.69, 9.17) is 4.74 Å². The second-order valence-electron chi connectivity index (χ2n) is 4.93. The number of hydrogen-bond donors (Lipinski definition) is 1. The molecular weight excluding hydrogens is 258 g/mol. The largest absolute Gasteiger partial charge is 0.495 e. The number of hydrogen-bond acceptors (Lipinski definition) is 3. The number of para-hydroxylation sites is 1. The highest BCUT2D eigenvalue weighted by atomic mass is 16.5. The van der Waals surface area contributed by atoms with Gasteiger partial charge < -0.3 is 14.4 Å². The van der Waals surface area contributed by atoms with Crippen LogP contribution in [0.1, 0.15) is 35.9 Å². The highest BCUT2D eigenvalue weighted by Crippen LogP contribution is 2.28. The highest BCUT2D eigenvalue weighted by Gasteiger charge is 2.22. The molecular formula is C15H17NO4. The van der Waals surface area contributed by atoms with Gasteiger partial charge in [0.1, 0.15) is 11.4 Å². The Balaban J connectivity index is 3.15. The zero-order valence-corrected chi connectivity index (χ0v) is 11.9. The van der Waals surface area contributed by atoms with E-state index in [0.29, 0.717) is 16.7 Å². The van der Waals surface area contributed by atoms with E-state index >= 15 is 0 Å². The molecule has 0 aliphatic heterocycles. The molecule has 0 atom stereocenters. The van der Waals surface area contributed by atoms with Gasteiger partial charge in [0.15, 0.2) is 5.43 Å². The number of aromatic carboxylic acids is 1. The Kier molecular flexibility index (Phi) is 3.53. The summed E-state index contributed by atoms with van der Waals surface area (Å²) in [4.78, 5) is 23.9. The van der Waals surface area contributed by atoms with Crippen LogP contribution in [0.15, 0.2) is 23.0 Å². The Morgan fingerprint density at radius 2 is 2.00 bits per heavy atom. The number of benzene rings is 1. The molecule has 0 amide bonds. The first-order chi connectivity index (χ1) is 9.40. The topological polar surface area (TPSA) is 68.5 Å². The van der Waals surface area contributed by atoms with E-state index in [1.54, 1.807) is 29.7 Å². The lowest BCUT2D eigenvalue weighted by Crippen LogP contribution is -2.23. The van der Waals surface area contributed by atoms with Crippen LogP contribution in [0.5, 0.6) is 5.75 Å². The SMILES string of the molecule is COc1cccc2c(=O)c(C)c(C(=O)O)n(C(C)C)c12. The van der Waals surface area contributed by atoms with E-state index in [2.05, 4.69) is 0 Å². The molecule has 2 aromatic rings. The Bertz CT molecular complexity index is 744. The van der Waals surface area contributed by atoms with Crippen molar-refractivity contribution in [3.8, 4) is 5.75 Å². The summed E-state index contributed by atoms with van der Waals surface area (Å²) >= 11 is 0. The molecule has 0 spiro atoms. The van der Waals surface area contributed by atoms with Crippen LogP contribution in [0, 0.1) is 6.92 Å². The van der Waals surface area contributed by atoms with Crippen LogP contribution in [0.2, 0.25) is 0 Å². The molecule has 0 bridgehead atoms. The molecule has 1 heterocycles. The van der Waals surface area contributed by atoms with Gasteiger partial charge in [0.25, 0.3) is 0 Å². The fraction of sp³-hybridized carbons (Fsp3) is 0.333. The van der Waals surface area contributed by atoms with Crippen molar-refractivity contribution in [1.29, 1.82) is 0 Å². The van der Waals surface area contributed by atoms with Crippen molar-refractivity contribution >= 4 is 16.9 Å². The number of nitrogens with zero attached hydrogens (tertiary/aromatic N) is 1. The number of methoxy groups -OCH3 is 1. The predicted molar refractivity (Wildman–Crippen MR) is 76.8 cm³/mol. The number of fused-ring (bicyclic) bond motifs is 1. The maximum atomic E-state index is 12.4. The fourth-order valence-corrected chi connectivity index (χ4v) is 2.50. The summed E-state index contributed by atoms with van der Waals surface area (Å²) in [6, 6.07) is 5.03. The van der Waals surface area contributed by atoms with Crippen molar-refractivity contribution < 1.29 is 14.6 Å². The van der Waals surface area contributed by atoms with Crippen LogP contribution >= 0.6 is 0 Å².